The number of amides is 1. The van der Waals surface area contributed by atoms with Crippen molar-refractivity contribution in [2.75, 3.05) is 32.7 Å². The van der Waals surface area contributed by atoms with Gasteiger partial charge in [0.1, 0.15) is 0 Å². The van der Waals surface area contributed by atoms with Crippen molar-refractivity contribution in [3.05, 3.63) is 34.9 Å². The van der Waals surface area contributed by atoms with E-state index in [1.165, 1.54) is 44.5 Å². The minimum absolute atomic E-state index is 0.0618. The quantitative estimate of drug-likeness (QED) is 0.696. The molecule has 0 bridgehead atoms. The Morgan fingerprint density at radius 1 is 1.14 bits per heavy atom. The summed E-state index contributed by atoms with van der Waals surface area (Å²) in [5.41, 5.74) is 1.20. The predicted molar refractivity (Wildman–Crippen MR) is 116 cm³/mol. The number of nitrogens with zero attached hydrogens (tertiary/aromatic N) is 2. The minimum Gasteiger partial charge on any atom is -0.355 e. The SMILES string of the molecule is CCCN1CCC(N[C@@H]2C[C@@H](C(=O)NCC)N(Cc3ccc(Cl)cc3)C2)CC1. The molecule has 5 nitrogen and oxygen atoms in total. The highest BCUT2D eigenvalue weighted by molar-refractivity contribution is 6.30. The van der Waals surface area contributed by atoms with Gasteiger partial charge >= 0.3 is 0 Å². The summed E-state index contributed by atoms with van der Waals surface area (Å²) in [6.07, 6.45) is 4.53. The van der Waals surface area contributed by atoms with Crippen LogP contribution >= 0.6 is 11.6 Å². The number of benzene rings is 1. The first kappa shape index (κ1) is 21.6. The smallest absolute Gasteiger partial charge is 0.237 e. The zero-order valence-corrected chi connectivity index (χ0v) is 18.0. The fourth-order valence-corrected chi connectivity index (χ4v) is 4.69. The van der Waals surface area contributed by atoms with Crippen LogP contribution < -0.4 is 10.6 Å². The summed E-state index contributed by atoms with van der Waals surface area (Å²) in [4.78, 5) is 17.5. The largest absolute Gasteiger partial charge is 0.355 e. The molecule has 156 valence electrons. The molecule has 2 heterocycles. The second-order valence-electron chi connectivity index (χ2n) is 8.18. The van der Waals surface area contributed by atoms with Crippen molar-refractivity contribution >= 4 is 17.5 Å². The molecule has 2 aliphatic rings. The average Bonchev–Trinajstić information content (AvgIpc) is 3.08. The zero-order chi connectivity index (χ0) is 19.9. The van der Waals surface area contributed by atoms with Crippen LogP contribution in [0.2, 0.25) is 5.02 Å². The third-order valence-corrected chi connectivity index (χ3v) is 6.21. The van der Waals surface area contributed by atoms with Crippen LogP contribution in [0.3, 0.4) is 0 Å². The third kappa shape index (κ3) is 5.93. The van der Waals surface area contributed by atoms with Gasteiger partial charge in [0.05, 0.1) is 6.04 Å². The highest BCUT2D eigenvalue weighted by Crippen LogP contribution is 2.23. The monoisotopic (exact) mass is 406 g/mol. The maximum absolute atomic E-state index is 12.6. The van der Waals surface area contributed by atoms with E-state index in [-0.39, 0.29) is 11.9 Å². The number of halogens is 1. The Morgan fingerprint density at radius 3 is 2.50 bits per heavy atom. The Kier molecular flexibility index (Phi) is 8.15. The van der Waals surface area contributed by atoms with E-state index in [9.17, 15) is 4.79 Å². The molecule has 2 N–H and O–H groups in total. The molecule has 2 aliphatic heterocycles. The molecule has 0 spiro atoms. The van der Waals surface area contributed by atoms with Crippen molar-refractivity contribution in [2.45, 2.75) is 64.2 Å². The lowest BCUT2D eigenvalue weighted by Gasteiger charge is -2.33. The van der Waals surface area contributed by atoms with Crippen LogP contribution in [0.4, 0.5) is 0 Å². The molecular weight excluding hydrogens is 372 g/mol. The van der Waals surface area contributed by atoms with Crippen LogP contribution in [-0.4, -0.2) is 66.6 Å². The molecule has 28 heavy (non-hydrogen) atoms. The van der Waals surface area contributed by atoms with Gasteiger partial charge in [-0.1, -0.05) is 30.7 Å². The molecule has 3 rings (SSSR count). The van der Waals surface area contributed by atoms with Crippen molar-refractivity contribution in [3.8, 4) is 0 Å². The number of nitrogens with one attached hydrogen (secondary N) is 2. The maximum atomic E-state index is 12.6. The molecule has 2 saturated heterocycles. The summed E-state index contributed by atoms with van der Waals surface area (Å²) in [6, 6.07) is 8.85. The van der Waals surface area contributed by atoms with E-state index in [1.807, 2.05) is 19.1 Å². The van der Waals surface area contributed by atoms with Crippen molar-refractivity contribution in [1.29, 1.82) is 0 Å². The van der Waals surface area contributed by atoms with Crippen LogP contribution in [0.25, 0.3) is 0 Å². The van der Waals surface area contributed by atoms with E-state index in [0.29, 0.717) is 18.6 Å². The number of rotatable bonds is 8. The first-order chi connectivity index (χ1) is 13.6. The van der Waals surface area contributed by atoms with Crippen LogP contribution in [0, 0.1) is 0 Å². The van der Waals surface area contributed by atoms with Gasteiger partial charge in [-0.2, -0.15) is 0 Å². The zero-order valence-electron chi connectivity index (χ0n) is 17.3. The molecule has 0 aliphatic carbocycles. The number of likely N-dealkylation sites (N-methyl/N-ethyl adjacent to an activating group) is 1. The summed E-state index contributed by atoms with van der Waals surface area (Å²) in [6.45, 7) is 10.2. The Hall–Kier alpha value is -1.14. The standard InChI is InChI=1S/C22H35ClN4O/c1-3-11-26-12-9-19(10-13-26)25-20-14-21(22(28)24-4-2)27(16-20)15-17-5-7-18(23)8-6-17/h5-8,19-21,25H,3-4,9-16H2,1-2H3,(H,24,28)/t20-,21+/m1/s1. The van der Waals surface area contributed by atoms with Crippen LogP contribution in [0.15, 0.2) is 24.3 Å². The van der Waals surface area contributed by atoms with E-state index >= 15 is 0 Å². The number of hydrogen-bond donors (Lipinski definition) is 2. The fraction of sp³-hybridized carbons (Fsp3) is 0.682. The summed E-state index contributed by atoms with van der Waals surface area (Å²) in [5.74, 6) is 0.151. The molecule has 1 aromatic rings. The van der Waals surface area contributed by atoms with Crippen LogP contribution in [0.5, 0.6) is 0 Å². The van der Waals surface area contributed by atoms with E-state index in [1.54, 1.807) is 0 Å². The second kappa shape index (κ2) is 10.6. The molecule has 6 heteroatoms. The maximum Gasteiger partial charge on any atom is 0.237 e. The van der Waals surface area contributed by atoms with E-state index in [0.717, 1.165) is 24.5 Å². The highest BCUT2D eigenvalue weighted by atomic mass is 35.5. The lowest BCUT2D eigenvalue weighted by atomic mass is 10.0. The normalized spacial score (nSPS) is 24.5. The number of piperidine rings is 1. The van der Waals surface area contributed by atoms with Gasteiger partial charge in [0.15, 0.2) is 0 Å². The van der Waals surface area contributed by atoms with Gasteiger partial charge in [-0.3, -0.25) is 9.69 Å². The molecule has 1 amide bonds. The van der Waals surface area contributed by atoms with Gasteiger partial charge in [0.2, 0.25) is 5.91 Å². The number of carbonyl (C=O) groups excluding carboxylic acids is 1. The Bertz CT molecular complexity index is 615. The van der Waals surface area contributed by atoms with Crippen molar-refractivity contribution in [3.63, 3.8) is 0 Å². The van der Waals surface area contributed by atoms with Crippen molar-refractivity contribution in [1.82, 2.24) is 20.4 Å². The molecule has 2 atom stereocenters. The van der Waals surface area contributed by atoms with Crippen molar-refractivity contribution < 1.29 is 4.79 Å². The second-order valence-corrected chi connectivity index (χ2v) is 8.62. The van der Waals surface area contributed by atoms with Gasteiger partial charge in [0, 0.05) is 36.7 Å². The molecule has 2 fully saturated rings. The Morgan fingerprint density at radius 2 is 1.86 bits per heavy atom. The van der Waals surface area contributed by atoms with Crippen molar-refractivity contribution in [2.24, 2.45) is 0 Å². The Labute approximate surface area is 174 Å². The van der Waals surface area contributed by atoms with E-state index in [4.69, 9.17) is 11.6 Å². The van der Waals surface area contributed by atoms with Gasteiger partial charge in [0.25, 0.3) is 0 Å². The van der Waals surface area contributed by atoms with E-state index < -0.39 is 0 Å². The number of likely N-dealkylation sites (tertiary alicyclic amines) is 2. The van der Waals surface area contributed by atoms with Gasteiger partial charge in [-0.15, -0.1) is 0 Å². The summed E-state index contributed by atoms with van der Waals surface area (Å²) >= 11 is 6.02. The average molecular weight is 407 g/mol. The minimum atomic E-state index is -0.0618. The molecule has 0 radical (unpaired) electrons. The molecule has 0 saturated carbocycles. The lowest BCUT2D eigenvalue weighted by Crippen LogP contribution is -2.47. The van der Waals surface area contributed by atoms with E-state index in [2.05, 4.69) is 39.5 Å². The fourth-order valence-electron chi connectivity index (χ4n) is 4.56. The van der Waals surface area contributed by atoms with Gasteiger partial charge in [-0.05, 0) is 69.9 Å². The van der Waals surface area contributed by atoms with Gasteiger partial charge in [-0.25, -0.2) is 0 Å². The molecule has 1 aromatic carbocycles. The first-order valence-corrected chi connectivity index (χ1v) is 11.2. The third-order valence-electron chi connectivity index (χ3n) is 5.95. The van der Waals surface area contributed by atoms with Crippen LogP contribution in [-0.2, 0) is 11.3 Å². The number of carbonyl (C=O) groups is 1. The summed E-state index contributed by atoms with van der Waals surface area (Å²) in [7, 11) is 0. The highest BCUT2D eigenvalue weighted by Gasteiger charge is 2.37. The molecule has 0 unspecified atom stereocenters. The summed E-state index contributed by atoms with van der Waals surface area (Å²) in [5, 5.41) is 7.63. The first-order valence-electron chi connectivity index (χ1n) is 10.8. The lowest BCUT2D eigenvalue weighted by molar-refractivity contribution is -0.125. The number of hydrogen-bond acceptors (Lipinski definition) is 4. The van der Waals surface area contributed by atoms with Gasteiger partial charge < -0.3 is 15.5 Å². The summed E-state index contributed by atoms with van der Waals surface area (Å²) < 4.78 is 0. The molecule has 0 aromatic heterocycles. The molecular formula is C22H35ClN4O. The van der Waals surface area contributed by atoms with Crippen LogP contribution in [0.1, 0.15) is 45.1 Å². The predicted octanol–water partition coefficient (Wildman–Crippen LogP) is 2.88. The Balaban J connectivity index is 1.58. The topological polar surface area (TPSA) is 47.6 Å².